The molecule has 6 rings (SSSR count). The van der Waals surface area contributed by atoms with E-state index < -0.39 is 0 Å². The summed E-state index contributed by atoms with van der Waals surface area (Å²) in [5.41, 5.74) is 3.77. The van der Waals surface area contributed by atoms with Crippen molar-refractivity contribution in [3.63, 3.8) is 0 Å². The highest BCUT2D eigenvalue weighted by Crippen LogP contribution is 2.36. The van der Waals surface area contributed by atoms with E-state index in [0.29, 0.717) is 60.2 Å². The van der Waals surface area contributed by atoms with Crippen LogP contribution in [0.4, 0.5) is 5.69 Å². The first-order valence-corrected chi connectivity index (χ1v) is 12.4. The molecular formula is C29H25N5O4. The van der Waals surface area contributed by atoms with Gasteiger partial charge in [-0.15, -0.1) is 0 Å². The number of allylic oxidation sites excluding steroid dienone is 1. The van der Waals surface area contributed by atoms with Gasteiger partial charge in [0.2, 0.25) is 11.7 Å². The number of aromatic nitrogens is 3. The molecule has 2 aromatic heterocycles. The fraction of sp³-hybridized carbons (Fsp3) is 0.207. The van der Waals surface area contributed by atoms with Crippen molar-refractivity contribution >= 4 is 40.3 Å². The second-order valence-corrected chi connectivity index (χ2v) is 9.32. The number of anilines is 1. The molecule has 0 N–H and O–H groups in total. The van der Waals surface area contributed by atoms with Crippen molar-refractivity contribution < 1.29 is 19.1 Å². The topological polar surface area (TPSA) is 97.6 Å². The largest absolute Gasteiger partial charge is 0.378 e. The van der Waals surface area contributed by atoms with Crippen LogP contribution in [-0.4, -0.2) is 63.3 Å². The molecule has 9 nitrogen and oxygen atoms in total. The first-order chi connectivity index (χ1) is 18.4. The van der Waals surface area contributed by atoms with Crippen LogP contribution in [0.3, 0.4) is 0 Å². The molecule has 0 aliphatic carbocycles. The van der Waals surface area contributed by atoms with Gasteiger partial charge in [0.25, 0.3) is 5.91 Å². The number of pyridine rings is 1. The van der Waals surface area contributed by atoms with Crippen LogP contribution in [0, 0.1) is 0 Å². The lowest BCUT2D eigenvalue weighted by molar-refractivity contribution is -0.116. The summed E-state index contributed by atoms with van der Waals surface area (Å²) in [6, 6.07) is 14.3. The highest BCUT2D eigenvalue weighted by molar-refractivity contribution is 6.26. The summed E-state index contributed by atoms with van der Waals surface area (Å²) in [7, 11) is 1.89. The molecule has 0 bridgehead atoms. The minimum absolute atomic E-state index is 0.0569. The highest BCUT2D eigenvalue weighted by Gasteiger charge is 2.34. The van der Waals surface area contributed by atoms with Gasteiger partial charge in [0.15, 0.2) is 0 Å². The smallest absolute Gasteiger partial charge is 0.254 e. The van der Waals surface area contributed by atoms with Crippen LogP contribution < -0.4 is 4.90 Å². The number of nitrogens with zero attached hydrogens (tertiary/aromatic N) is 5. The Kier molecular flexibility index (Phi) is 5.84. The molecule has 0 atom stereocenters. The van der Waals surface area contributed by atoms with Crippen LogP contribution in [0.1, 0.15) is 33.3 Å². The van der Waals surface area contributed by atoms with Gasteiger partial charge in [-0.3, -0.25) is 19.3 Å². The van der Waals surface area contributed by atoms with Gasteiger partial charge in [-0.2, -0.15) is 0 Å². The number of ketones is 1. The average molecular weight is 508 g/mol. The zero-order valence-electron chi connectivity index (χ0n) is 21.0. The van der Waals surface area contributed by atoms with E-state index in [9.17, 15) is 14.4 Å². The van der Waals surface area contributed by atoms with E-state index in [0.717, 1.165) is 10.9 Å². The number of imidazole rings is 1. The lowest BCUT2D eigenvalue weighted by Gasteiger charge is -2.27. The number of Topliss-reactive ketones (excluding diaryl/α,β-unsaturated/α-hetero) is 1. The van der Waals surface area contributed by atoms with Gasteiger partial charge < -0.3 is 14.2 Å². The number of fused-ring (bicyclic) bond motifs is 2. The van der Waals surface area contributed by atoms with Crippen molar-refractivity contribution in [1.82, 2.24) is 19.4 Å². The number of amides is 2. The van der Waals surface area contributed by atoms with E-state index in [1.54, 1.807) is 47.5 Å². The summed E-state index contributed by atoms with van der Waals surface area (Å²) in [6.45, 7) is 3.59. The third-order valence-corrected chi connectivity index (χ3v) is 6.90. The predicted octanol–water partition coefficient (Wildman–Crippen LogP) is 3.70. The minimum Gasteiger partial charge on any atom is -0.378 e. The molecule has 9 heteroatoms. The van der Waals surface area contributed by atoms with Gasteiger partial charge in [0.1, 0.15) is 5.82 Å². The van der Waals surface area contributed by atoms with Gasteiger partial charge >= 0.3 is 0 Å². The van der Waals surface area contributed by atoms with Crippen LogP contribution in [0.15, 0.2) is 66.6 Å². The van der Waals surface area contributed by atoms with Gasteiger partial charge in [-0.1, -0.05) is 12.1 Å². The van der Waals surface area contributed by atoms with E-state index in [-0.39, 0.29) is 23.3 Å². The lowest BCUT2D eigenvalue weighted by Crippen LogP contribution is -2.40. The fourth-order valence-electron chi connectivity index (χ4n) is 5.05. The Morgan fingerprint density at radius 1 is 1.03 bits per heavy atom. The van der Waals surface area contributed by atoms with Crippen molar-refractivity contribution in [2.75, 3.05) is 31.2 Å². The maximum atomic E-state index is 13.3. The number of ether oxygens (including phenoxy) is 1. The molecule has 2 aliphatic heterocycles. The standard InChI is InChI=1S/C29H25N5O4/c1-18(35)34-25-6-4-3-5-21(25)27(36)26(34)17-20-16-23(28-30-9-10-32(28)2)22-15-19(7-8-24(22)31-20)29(37)33-11-13-38-14-12-33/h3-10,15-17H,11-14H2,1-2H3/b26-17+. The number of rotatable bonds is 3. The van der Waals surface area contributed by atoms with Gasteiger partial charge in [-0.05, 0) is 42.5 Å². The van der Waals surface area contributed by atoms with Crippen LogP contribution in [0.5, 0.6) is 0 Å². The highest BCUT2D eigenvalue weighted by atomic mass is 16.5. The van der Waals surface area contributed by atoms with Gasteiger partial charge in [0.05, 0.1) is 35.8 Å². The van der Waals surface area contributed by atoms with Gasteiger partial charge in [-0.25, -0.2) is 9.97 Å². The fourth-order valence-corrected chi connectivity index (χ4v) is 5.05. The number of para-hydroxylation sites is 1. The summed E-state index contributed by atoms with van der Waals surface area (Å²) in [5, 5.41) is 0.769. The summed E-state index contributed by atoms with van der Waals surface area (Å²) in [6.07, 6.45) is 5.19. The number of morpholine rings is 1. The molecule has 4 aromatic rings. The van der Waals surface area contributed by atoms with Crippen molar-refractivity contribution in [3.8, 4) is 11.4 Å². The van der Waals surface area contributed by atoms with E-state index in [1.807, 2.05) is 36.0 Å². The van der Waals surface area contributed by atoms with Crippen molar-refractivity contribution in [1.29, 1.82) is 0 Å². The summed E-state index contributed by atoms with van der Waals surface area (Å²) in [4.78, 5) is 51.5. The molecule has 0 saturated carbocycles. The molecule has 1 fully saturated rings. The average Bonchev–Trinajstić information content (AvgIpc) is 3.48. The number of hydrogen-bond acceptors (Lipinski definition) is 6. The Labute approximate surface area is 219 Å². The maximum Gasteiger partial charge on any atom is 0.254 e. The minimum atomic E-state index is -0.258. The zero-order valence-corrected chi connectivity index (χ0v) is 21.0. The second kappa shape index (κ2) is 9.35. The first-order valence-electron chi connectivity index (χ1n) is 12.4. The number of benzene rings is 2. The molecule has 2 aromatic carbocycles. The summed E-state index contributed by atoms with van der Waals surface area (Å²) < 4.78 is 7.28. The molecule has 0 unspecified atom stereocenters. The van der Waals surface area contributed by atoms with Crippen LogP contribution >= 0.6 is 0 Å². The third kappa shape index (κ3) is 3.97. The van der Waals surface area contributed by atoms with E-state index in [4.69, 9.17) is 9.72 Å². The molecule has 2 aliphatic rings. The summed E-state index contributed by atoms with van der Waals surface area (Å²) in [5.74, 6) is 0.143. The Morgan fingerprint density at radius 2 is 1.82 bits per heavy atom. The monoisotopic (exact) mass is 507 g/mol. The Bertz CT molecular complexity index is 1650. The van der Waals surface area contributed by atoms with Crippen molar-refractivity contribution in [2.24, 2.45) is 7.05 Å². The van der Waals surface area contributed by atoms with Crippen LogP contribution in [-0.2, 0) is 16.6 Å². The molecule has 1 saturated heterocycles. The quantitative estimate of drug-likeness (QED) is 0.392. The molecule has 4 heterocycles. The van der Waals surface area contributed by atoms with Gasteiger partial charge in [0, 0.05) is 61.5 Å². The maximum absolute atomic E-state index is 13.3. The number of carbonyl (C=O) groups is 3. The second-order valence-electron chi connectivity index (χ2n) is 9.32. The first kappa shape index (κ1) is 23.7. The van der Waals surface area contributed by atoms with E-state index >= 15 is 0 Å². The van der Waals surface area contributed by atoms with Crippen molar-refractivity contribution in [3.05, 3.63) is 83.4 Å². The molecule has 38 heavy (non-hydrogen) atoms. The Hall–Kier alpha value is -4.63. The molecule has 0 radical (unpaired) electrons. The Morgan fingerprint density at radius 3 is 2.55 bits per heavy atom. The van der Waals surface area contributed by atoms with E-state index in [1.165, 1.54) is 11.8 Å². The molecular weight excluding hydrogens is 482 g/mol. The lowest BCUT2D eigenvalue weighted by atomic mass is 10.0. The Balaban J connectivity index is 1.50. The molecule has 2 amide bonds. The van der Waals surface area contributed by atoms with E-state index in [2.05, 4.69) is 4.98 Å². The molecule has 0 spiro atoms. The number of aryl methyl sites for hydroxylation is 1. The number of carbonyl (C=O) groups excluding carboxylic acids is 3. The third-order valence-electron chi connectivity index (χ3n) is 6.90. The van der Waals surface area contributed by atoms with Crippen LogP contribution in [0.2, 0.25) is 0 Å². The molecule has 190 valence electrons. The zero-order chi connectivity index (χ0) is 26.4. The van der Waals surface area contributed by atoms with Crippen molar-refractivity contribution in [2.45, 2.75) is 6.92 Å². The van der Waals surface area contributed by atoms with Crippen LogP contribution in [0.25, 0.3) is 28.4 Å². The predicted molar refractivity (Wildman–Crippen MR) is 143 cm³/mol. The SMILES string of the molecule is CC(=O)N1/C(=C/c2cc(-c3nccn3C)c3cc(C(=O)N4CCOCC4)ccc3n2)C(=O)c2ccccc21. The normalized spacial score (nSPS) is 16.4. The number of hydrogen-bond donors (Lipinski definition) is 0. The summed E-state index contributed by atoms with van der Waals surface area (Å²) >= 11 is 0.